The predicted octanol–water partition coefficient (Wildman–Crippen LogP) is 4.40. The van der Waals surface area contributed by atoms with Crippen molar-refractivity contribution in [1.29, 1.82) is 0 Å². The second kappa shape index (κ2) is 9.24. The number of nitrogens with one attached hydrogen (secondary N) is 2. The molecule has 29 heavy (non-hydrogen) atoms. The van der Waals surface area contributed by atoms with Gasteiger partial charge in [-0.3, -0.25) is 9.78 Å². The monoisotopic (exact) mass is 386 g/mol. The summed E-state index contributed by atoms with van der Waals surface area (Å²) >= 11 is 0. The van der Waals surface area contributed by atoms with Gasteiger partial charge in [-0.2, -0.15) is 0 Å². The topological polar surface area (TPSA) is 57.3 Å². The molecule has 0 saturated carbocycles. The fraction of sp³-hybridized carbons (Fsp3) is 0.250. The molecular formula is C24H26N4O. The summed E-state index contributed by atoms with van der Waals surface area (Å²) < 4.78 is 0. The van der Waals surface area contributed by atoms with Gasteiger partial charge >= 0.3 is 0 Å². The lowest BCUT2D eigenvalue weighted by atomic mass is 10.1. The maximum Gasteiger partial charge on any atom is 0.252 e. The van der Waals surface area contributed by atoms with Crippen LogP contribution in [0.25, 0.3) is 0 Å². The number of amides is 1. The Hall–Kier alpha value is -3.34. The number of hydrogen-bond acceptors (Lipinski definition) is 4. The minimum atomic E-state index is -0.110. The summed E-state index contributed by atoms with van der Waals surface area (Å²) in [6.07, 6.45) is 6.67. The molecule has 0 unspecified atom stereocenters. The van der Waals surface area contributed by atoms with Crippen LogP contribution in [0.4, 0.5) is 17.1 Å². The lowest BCUT2D eigenvalue weighted by Gasteiger charge is -2.18. The molecule has 2 aromatic carbocycles. The second-order valence-corrected chi connectivity index (χ2v) is 7.32. The van der Waals surface area contributed by atoms with Crippen molar-refractivity contribution in [3.8, 4) is 0 Å². The van der Waals surface area contributed by atoms with E-state index in [1.54, 1.807) is 12.4 Å². The van der Waals surface area contributed by atoms with Crippen molar-refractivity contribution in [2.75, 3.05) is 29.9 Å². The van der Waals surface area contributed by atoms with Gasteiger partial charge in [0.05, 0.1) is 17.4 Å². The van der Waals surface area contributed by atoms with E-state index in [9.17, 15) is 4.79 Å². The fourth-order valence-corrected chi connectivity index (χ4v) is 3.60. The first-order valence-corrected chi connectivity index (χ1v) is 10.2. The Labute approximate surface area is 171 Å². The average Bonchev–Trinajstić information content (AvgIpc) is 3.30. The highest BCUT2D eigenvalue weighted by atomic mass is 16.1. The van der Waals surface area contributed by atoms with E-state index in [-0.39, 0.29) is 5.91 Å². The smallest absolute Gasteiger partial charge is 0.252 e. The number of aromatic nitrogens is 1. The van der Waals surface area contributed by atoms with E-state index in [2.05, 4.69) is 56.9 Å². The summed E-state index contributed by atoms with van der Waals surface area (Å²) in [6.45, 7) is 2.87. The van der Waals surface area contributed by atoms with Crippen molar-refractivity contribution in [3.63, 3.8) is 0 Å². The van der Waals surface area contributed by atoms with Gasteiger partial charge in [-0.1, -0.05) is 30.3 Å². The third-order valence-corrected chi connectivity index (χ3v) is 5.17. The zero-order valence-corrected chi connectivity index (χ0v) is 16.5. The molecule has 0 aliphatic carbocycles. The Kier molecular flexibility index (Phi) is 6.05. The third-order valence-electron chi connectivity index (χ3n) is 5.17. The Bertz CT molecular complexity index is 935. The summed E-state index contributed by atoms with van der Waals surface area (Å²) in [5.74, 6) is -0.110. The van der Waals surface area contributed by atoms with E-state index in [0.717, 1.165) is 30.9 Å². The number of anilines is 3. The van der Waals surface area contributed by atoms with E-state index >= 15 is 0 Å². The highest BCUT2D eigenvalue weighted by Crippen LogP contribution is 2.24. The van der Waals surface area contributed by atoms with E-state index in [1.807, 2.05) is 24.3 Å². The molecule has 3 aromatic rings. The van der Waals surface area contributed by atoms with Gasteiger partial charge in [0.2, 0.25) is 0 Å². The van der Waals surface area contributed by atoms with Crippen molar-refractivity contribution >= 4 is 23.0 Å². The first-order chi connectivity index (χ1) is 14.3. The van der Waals surface area contributed by atoms with Crippen LogP contribution in [-0.4, -0.2) is 30.5 Å². The summed E-state index contributed by atoms with van der Waals surface area (Å²) in [5.41, 5.74) is 4.80. The Morgan fingerprint density at radius 1 is 0.931 bits per heavy atom. The van der Waals surface area contributed by atoms with Crippen LogP contribution in [0, 0.1) is 0 Å². The minimum Gasteiger partial charge on any atom is -0.372 e. The summed E-state index contributed by atoms with van der Waals surface area (Å²) in [4.78, 5) is 19.1. The van der Waals surface area contributed by atoms with Crippen LogP contribution in [-0.2, 0) is 6.42 Å². The zero-order chi connectivity index (χ0) is 19.9. The van der Waals surface area contributed by atoms with E-state index in [1.165, 1.54) is 24.1 Å². The molecule has 0 radical (unpaired) electrons. The summed E-state index contributed by atoms with van der Waals surface area (Å²) in [7, 11) is 0. The average molecular weight is 386 g/mol. The molecule has 5 nitrogen and oxygen atoms in total. The van der Waals surface area contributed by atoms with Crippen molar-refractivity contribution in [1.82, 2.24) is 10.3 Å². The Morgan fingerprint density at radius 3 is 2.45 bits per heavy atom. The van der Waals surface area contributed by atoms with Crippen LogP contribution >= 0.6 is 0 Å². The van der Waals surface area contributed by atoms with Crippen LogP contribution in [0.15, 0.2) is 73.1 Å². The molecule has 4 rings (SSSR count). The molecule has 1 aliphatic rings. The lowest BCUT2D eigenvalue weighted by Crippen LogP contribution is -2.25. The molecule has 148 valence electrons. The lowest BCUT2D eigenvalue weighted by molar-refractivity contribution is 0.0954. The Morgan fingerprint density at radius 2 is 1.69 bits per heavy atom. The van der Waals surface area contributed by atoms with Gasteiger partial charge in [0.15, 0.2) is 0 Å². The second-order valence-electron chi connectivity index (χ2n) is 7.32. The SMILES string of the molecule is O=C(NCCc1ccccc1)c1cncc(Nc2ccc(N3CCCC3)cc2)c1. The number of benzene rings is 2. The molecule has 5 heteroatoms. The molecule has 0 atom stereocenters. The molecule has 0 spiro atoms. The normalized spacial score (nSPS) is 13.3. The number of rotatable bonds is 7. The van der Waals surface area contributed by atoms with E-state index in [4.69, 9.17) is 0 Å². The summed E-state index contributed by atoms with van der Waals surface area (Å²) in [6, 6.07) is 20.4. The van der Waals surface area contributed by atoms with Crippen LogP contribution in [0.3, 0.4) is 0 Å². The van der Waals surface area contributed by atoms with E-state index < -0.39 is 0 Å². The minimum absolute atomic E-state index is 0.110. The molecule has 2 heterocycles. The zero-order valence-electron chi connectivity index (χ0n) is 16.5. The standard InChI is InChI=1S/C24H26N4O/c29-24(26-13-12-19-6-2-1-3-7-19)20-16-22(18-25-17-20)27-21-8-10-23(11-9-21)28-14-4-5-15-28/h1-3,6-11,16-18,27H,4-5,12-15H2,(H,26,29). The van der Waals surface area contributed by atoms with Gasteiger partial charge in [0, 0.05) is 37.2 Å². The first-order valence-electron chi connectivity index (χ1n) is 10.2. The largest absolute Gasteiger partial charge is 0.372 e. The molecule has 1 aliphatic heterocycles. The van der Waals surface area contributed by atoms with Crippen LogP contribution in [0.1, 0.15) is 28.8 Å². The maximum atomic E-state index is 12.4. The quantitative estimate of drug-likeness (QED) is 0.632. The molecule has 1 fully saturated rings. The van der Waals surface area contributed by atoms with Gasteiger partial charge < -0.3 is 15.5 Å². The van der Waals surface area contributed by atoms with Crippen LogP contribution < -0.4 is 15.5 Å². The summed E-state index contributed by atoms with van der Waals surface area (Å²) in [5, 5.41) is 6.30. The van der Waals surface area contributed by atoms with Gasteiger partial charge in [-0.15, -0.1) is 0 Å². The molecule has 0 bridgehead atoms. The van der Waals surface area contributed by atoms with Crippen molar-refractivity contribution < 1.29 is 4.79 Å². The van der Waals surface area contributed by atoms with Crippen LogP contribution in [0.5, 0.6) is 0 Å². The van der Waals surface area contributed by atoms with Crippen molar-refractivity contribution in [2.45, 2.75) is 19.3 Å². The van der Waals surface area contributed by atoms with Gasteiger partial charge in [-0.25, -0.2) is 0 Å². The highest BCUT2D eigenvalue weighted by molar-refractivity contribution is 5.94. The molecule has 1 amide bonds. The number of pyridine rings is 1. The number of carbonyl (C=O) groups excluding carboxylic acids is 1. The number of nitrogens with zero attached hydrogens (tertiary/aromatic N) is 2. The molecular weight excluding hydrogens is 360 g/mol. The number of carbonyl (C=O) groups is 1. The maximum absolute atomic E-state index is 12.4. The Balaban J connectivity index is 1.33. The number of hydrogen-bond donors (Lipinski definition) is 2. The van der Waals surface area contributed by atoms with E-state index in [0.29, 0.717) is 12.1 Å². The van der Waals surface area contributed by atoms with Crippen molar-refractivity contribution in [3.05, 3.63) is 84.2 Å². The van der Waals surface area contributed by atoms with Gasteiger partial charge in [0.25, 0.3) is 5.91 Å². The van der Waals surface area contributed by atoms with Gasteiger partial charge in [0.1, 0.15) is 0 Å². The fourth-order valence-electron chi connectivity index (χ4n) is 3.60. The van der Waals surface area contributed by atoms with Gasteiger partial charge in [-0.05, 0) is 55.2 Å². The molecule has 2 N–H and O–H groups in total. The van der Waals surface area contributed by atoms with Crippen molar-refractivity contribution in [2.24, 2.45) is 0 Å². The predicted molar refractivity (Wildman–Crippen MR) is 118 cm³/mol. The first kappa shape index (κ1) is 19.0. The molecule has 1 aromatic heterocycles. The van der Waals surface area contributed by atoms with Crippen LogP contribution in [0.2, 0.25) is 0 Å². The highest BCUT2D eigenvalue weighted by Gasteiger charge is 2.12. The third kappa shape index (κ3) is 5.13. The molecule has 1 saturated heterocycles.